The third kappa shape index (κ3) is 4.31. The third-order valence-electron chi connectivity index (χ3n) is 3.37. The fraction of sp³-hybridized carbons (Fsp3) is 0. The summed E-state index contributed by atoms with van der Waals surface area (Å²) in [5.74, 6) is 0. The molecule has 4 aromatic rings. The fourth-order valence-electron chi connectivity index (χ4n) is 2.33. The van der Waals surface area contributed by atoms with Crippen molar-refractivity contribution < 1.29 is 21.8 Å². The Hall–Kier alpha value is -2.20. The lowest BCUT2D eigenvalue weighted by Crippen LogP contribution is -2.23. The Morgan fingerprint density at radius 2 is 1.69 bits per heavy atom. The molecule has 0 aliphatic carbocycles. The molecule has 0 spiro atoms. The summed E-state index contributed by atoms with van der Waals surface area (Å²) in [7, 11) is -6.00. The zero-order chi connectivity index (χ0) is 18.9. The van der Waals surface area contributed by atoms with Gasteiger partial charge in [0.05, 0.1) is 0 Å². The molecule has 26 heavy (non-hydrogen) atoms. The molecule has 0 aliphatic heterocycles. The van der Waals surface area contributed by atoms with E-state index in [1.807, 2.05) is 42.6 Å². The summed E-state index contributed by atoms with van der Waals surface area (Å²) in [6, 6.07) is 15.7. The maximum Gasteiger partial charge on any atom is 0.673 e. The van der Waals surface area contributed by atoms with E-state index in [2.05, 4.69) is 38.5 Å². The van der Waals surface area contributed by atoms with Gasteiger partial charge in [-0.3, -0.25) is 0 Å². The van der Waals surface area contributed by atoms with Crippen molar-refractivity contribution in [2.24, 2.45) is 0 Å². The number of nitrogens with zero attached hydrogens (tertiary/aromatic N) is 4. The molecule has 0 N–H and O–H groups in total. The van der Waals surface area contributed by atoms with Crippen molar-refractivity contribution in [3.8, 4) is 5.69 Å². The first kappa shape index (κ1) is 18.6. The average Bonchev–Trinajstić information content (AvgIpc) is 2.96. The minimum Gasteiger partial charge on any atom is -0.418 e. The largest absolute Gasteiger partial charge is 0.673 e. The molecule has 0 bridgehead atoms. The first-order chi connectivity index (χ1) is 12.2. The van der Waals surface area contributed by atoms with E-state index in [4.69, 9.17) is 11.6 Å². The Labute approximate surface area is 158 Å². The second-order valence-corrected chi connectivity index (χ2v) is 6.47. The second kappa shape index (κ2) is 7.20. The lowest BCUT2D eigenvalue weighted by Gasteiger charge is -1.99. The standard InChI is InChI=1S/C15H9BrClN4.BF4/c16-14-3-1-2-10-8-15-20(9-13(10)14)18-19-21(15)12-6-4-11(17)5-7-12;2-1(3,4)5/h1-9H;/q+1;-1. The number of hydrogen-bond donors (Lipinski definition) is 0. The Balaban J connectivity index is 0.000000349. The highest BCUT2D eigenvalue weighted by atomic mass is 79.9. The van der Waals surface area contributed by atoms with Gasteiger partial charge < -0.3 is 17.3 Å². The number of tetrazole rings is 1. The van der Waals surface area contributed by atoms with E-state index in [0.717, 1.165) is 26.6 Å². The van der Waals surface area contributed by atoms with Crippen LogP contribution in [0, 0.1) is 0 Å². The Kier molecular flexibility index (Phi) is 5.15. The van der Waals surface area contributed by atoms with Crippen LogP contribution >= 0.6 is 27.5 Å². The summed E-state index contributed by atoms with van der Waals surface area (Å²) in [5, 5.41) is 11.3. The fourth-order valence-corrected chi connectivity index (χ4v) is 2.94. The summed E-state index contributed by atoms with van der Waals surface area (Å²) in [5.41, 5.74) is 1.81. The average molecular weight is 447 g/mol. The number of halogens is 6. The van der Waals surface area contributed by atoms with Crippen molar-refractivity contribution in [3.05, 3.63) is 64.2 Å². The first-order valence-electron chi connectivity index (χ1n) is 7.21. The van der Waals surface area contributed by atoms with Crippen LogP contribution in [0.5, 0.6) is 0 Å². The van der Waals surface area contributed by atoms with E-state index in [0.29, 0.717) is 5.02 Å². The topological polar surface area (TPSA) is 34.8 Å². The van der Waals surface area contributed by atoms with Gasteiger partial charge in [-0.25, -0.2) is 0 Å². The molecule has 0 fully saturated rings. The van der Waals surface area contributed by atoms with Gasteiger partial charge in [0, 0.05) is 20.9 Å². The normalized spacial score (nSPS) is 11.5. The highest BCUT2D eigenvalue weighted by Gasteiger charge is 2.20. The van der Waals surface area contributed by atoms with Gasteiger partial charge in [0.1, 0.15) is 17.1 Å². The molecular weight excluding hydrogens is 438 g/mol. The lowest BCUT2D eigenvalue weighted by atomic mass is 10.2. The maximum atomic E-state index is 9.75. The zero-order valence-electron chi connectivity index (χ0n) is 12.8. The van der Waals surface area contributed by atoms with Gasteiger partial charge in [0.15, 0.2) is 5.21 Å². The molecule has 134 valence electrons. The van der Waals surface area contributed by atoms with Crippen LogP contribution in [-0.4, -0.2) is 22.4 Å². The number of benzene rings is 2. The van der Waals surface area contributed by atoms with Gasteiger partial charge >= 0.3 is 7.25 Å². The van der Waals surface area contributed by atoms with Crippen LogP contribution in [0.25, 0.3) is 22.1 Å². The van der Waals surface area contributed by atoms with Crippen molar-refractivity contribution in [1.29, 1.82) is 0 Å². The number of fused-ring (bicyclic) bond motifs is 2. The summed E-state index contributed by atoms with van der Waals surface area (Å²) in [6.07, 6.45) is 1.97. The predicted octanol–water partition coefficient (Wildman–Crippen LogP) is 4.88. The molecule has 0 amide bonds. The van der Waals surface area contributed by atoms with Crippen molar-refractivity contribution in [3.63, 3.8) is 0 Å². The first-order valence-corrected chi connectivity index (χ1v) is 8.38. The van der Waals surface area contributed by atoms with Crippen molar-refractivity contribution >= 4 is 51.2 Å². The Bertz CT molecular complexity index is 1060. The Morgan fingerprint density at radius 1 is 1.04 bits per heavy atom. The van der Waals surface area contributed by atoms with Gasteiger partial charge in [0.2, 0.25) is 0 Å². The Morgan fingerprint density at radius 3 is 2.35 bits per heavy atom. The third-order valence-corrected chi connectivity index (χ3v) is 4.31. The van der Waals surface area contributed by atoms with E-state index in [9.17, 15) is 17.3 Å². The molecule has 2 aromatic carbocycles. The van der Waals surface area contributed by atoms with Gasteiger partial charge in [-0.15, -0.1) is 4.52 Å². The molecule has 2 aromatic heterocycles. The molecule has 0 aliphatic rings. The zero-order valence-corrected chi connectivity index (χ0v) is 15.2. The minimum absolute atomic E-state index is 0.699. The van der Waals surface area contributed by atoms with E-state index in [1.165, 1.54) is 0 Å². The van der Waals surface area contributed by atoms with E-state index < -0.39 is 7.25 Å². The van der Waals surface area contributed by atoms with Crippen molar-refractivity contribution in [2.45, 2.75) is 0 Å². The van der Waals surface area contributed by atoms with Crippen LogP contribution in [-0.2, 0) is 0 Å². The van der Waals surface area contributed by atoms with Crippen molar-refractivity contribution in [1.82, 2.24) is 15.1 Å². The highest BCUT2D eigenvalue weighted by molar-refractivity contribution is 9.10. The summed E-state index contributed by atoms with van der Waals surface area (Å²) in [4.78, 5) is 0. The molecule has 0 radical (unpaired) electrons. The molecule has 2 heterocycles. The second-order valence-electron chi connectivity index (χ2n) is 5.18. The van der Waals surface area contributed by atoms with E-state index in [1.54, 1.807) is 9.20 Å². The number of pyridine rings is 1. The van der Waals surface area contributed by atoms with Crippen LogP contribution in [0.15, 0.2) is 59.2 Å². The molecule has 0 atom stereocenters. The molecule has 4 rings (SSSR count). The van der Waals surface area contributed by atoms with Crippen LogP contribution < -0.4 is 4.52 Å². The van der Waals surface area contributed by atoms with Gasteiger partial charge in [-0.05, 0) is 40.4 Å². The highest BCUT2D eigenvalue weighted by Crippen LogP contribution is 2.23. The molecule has 0 saturated heterocycles. The molecule has 0 saturated carbocycles. The molecule has 0 unspecified atom stereocenters. The molecule has 11 heteroatoms. The molecular formula is C15H9BBrClF4N4. The smallest absolute Gasteiger partial charge is 0.418 e. The number of rotatable bonds is 1. The summed E-state index contributed by atoms with van der Waals surface area (Å²) < 4.78 is 43.6. The van der Waals surface area contributed by atoms with E-state index >= 15 is 0 Å². The van der Waals surface area contributed by atoms with Gasteiger partial charge in [-0.1, -0.05) is 39.7 Å². The quantitative estimate of drug-likeness (QED) is 0.237. The maximum absolute atomic E-state index is 9.75. The van der Waals surface area contributed by atoms with Crippen LogP contribution in [0.4, 0.5) is 17.3 Å². The van der Waals surface area contributed by atoms with Crippen LogP contribution in [0.3, 0.4) is 0 Å². The van der Waals surface area contributed by atoms with E-state index in [-0.39, 0.29) is 0 Å². The monoisotopic (exact) mass is 446 g/mol. The number of hydrogen-bond acceptors (Lipinski definition) is 2. The van der Waals surface area contributed by atoms with Crippen LogP contribution in [0.1, 0.15) is 0 Å². The predicted molar refractivity (Wildman–Crippen MR) is 94.9 cm³/mol. The minimum atomic E-state index is -6.00. The van der Waals surface area contributed by atoms with Gasteiger partial charge in [-0.2, -0.15) is 0 Å². The van der Waals surface area contributed by atoms with Crippen molar-refractivity contribution in [2.75, 3.05) is 0 Å². The number of aromatic nitrogens is 4. The SMILES string of the molecule is Clc1ccc(-n2nn[n+]3cc4c(Br)cccc4cc23)cc1.F[B-](F)(F)F. The lowest BCUT2D eigenvalue weighted by molar-refractivity contribution is -0.580. The van der Waals surface area contributed by atoms with Crippen LogP contribution in [0.2, 0.25) is 5.02 Å². The molecule has 4 nitrogen and oxygen atoms in total. The summed E-state index contributed by atoms with van der Waals surface area (Å²) in [6.45, 7) is 0. The van der Waals surface area contributed by atoms with Gasteiger partial charge in [0.25, 0.3) is 5.65 Å². The summed E-state index contributed by atoms with van der Waals surface area (Å²) >= 11 is 9.49.